The SMILES string of the molecule is O=C1COc2cccc(c2)-c2cncc(c2)C(=O)N[C@@H]2CN(C(=O)CCc3cnccn3)CC[C@@H]2Oc2ccc(cc2)CN1. The van der Waals surface area contributed by atoms with E-state index in [2.05, 4.69) is 25.6 Å². The molecule has 6 bridgehead atoms. The Bertz CT molecular complexity index is 1630. The lowest BCUT2D eigenvalue weighted by Gasteiger charge is -2.39. The van der Waals surface area contributed by atoms with Crippen molar-refractivity contribution in [1.29, 1.82) is 0 Å². The van der Waals surface area contributed by atoms with Gasteiger partial charge >= 0.3 is 0 Å². The zero-order valence-electron chi connectivity index (χ0n) is 24.0. The van der Waals surface area contributed by atoms with Crippen molar-refractivity contribution in [3.63, 3.8) is 0 Å². The van der Waals surface area contributed by atoms with E-state index in [-0.39, 0.29) is 36.9 Å². The summed E-state index contributed by atoms with van der Waals surface area (Å²) in [6, 6.07) is 16.0. The summed E-state index contributed by atoms with van der Waals surface area (Å²) in [5, 5.41) is 5.99. The molecule has 11 heteroatoms. The number of hydrogen-bond acceptors (Lipinski definition) is 8. The Morgan fingerprint density at radius 1 is 0.932 bits per heavy atom. The Balaban J connectivity index is 1.25. The first-order valence-electron chi connectivity index (χ1n) is 14.5. The van der Waals surface area contributed by atoms with Crippen molar-refractivity contribution in [2.75, 3.05) is 19.7 Å². The average molecular weight is 593 g/mol. The predicted octanol–water partition coefficient (Wildman–Crippen LogP) is 2.96. The van der Waals surface area contributed by atoms with Crippen LogP contribution in [0.4, 0.5) is 0 Å². The van der Waals surface area contributed by atoms with Crippen LogP contribution in [-0.2, 0) is 22.6 Å². The standard InChI is InChI=1S/C33H32N6O5/c40-31-21-43-28-3-1-2-23(15-28)24-14-25(18-35-17-24)33(42)38-29-20-39(32(41)9-6-26-19-34-11-12-36-26)13-10-30(29)44-27-7-4-22(5-8-27)16-37-31/h1-5,7-8,11-12,14-15,17-19,29-30H,6,9-10,13,16,20-21H2,(H,37,40)(H,38,42)/t29-,30+/m1/s1. The van der Waals surface area contributed by atoms with Crippen molar-refractivity contribution >= 4 is 17.7 Å². The van der Waals surface area contributed by atoms with Crippen LogP contribution in [0, 0.1) is 0 Å². The van der Waals surface area contributed by atoms with Crippen LogP contribution in [0.3, 0.4) is 0 Å². The lowest BCUT2D eigenvalue weighted by Crippen LogP contribution is -2.58. The minimum Gasteiger partial charge on any atom is -0.488 e. The number of rotatable bonds is 3. The Labute approximate surface area is 254 Å². The van der Waals surface area contributed by atoms with Crippen molar-refractivity contribution in [3.8, 4) is 22.6 Å². The second kappa shape index (κ2) is 13.3. The van der Waals surface area contributed by atoms with Gasteiger partial charge in [-0.05, 0) is 47.9 Å². The molecule has 11 nitrogen and oxygen atoms in total. The lowest BCUT2D eigenvalue weighted by molar-refractivity contribution is -0.133. The van der Waals surface area contributed by atoms with Crippen molar-refractivity contribution in [1.82, 2.24) is 30.5 Å². The van der Waals surface area contributed by atoms with Gasteiger partial charge in [-0.3, -0.25) is 29.3 Å². The van der Waals surface area contributed by atoms with Gasteiger partial charge in [0.15, 0.2) is 6.61 Å². The van der Waals surface area contributed by atoms with Gasteiger partial charge < -0.3 is 25.0 Å². The highest BCUT2D eigenvalue weighted by molar-refractivity contribution is 5.95. The summed E-state index contributed by atoms with van der Waals surface area (Å²) in [5.41, 5.74) is 3.54. The highest BCUT2D eigenvalue weighted by Gasteiger charge is 2.34. The maximum Gasteiger partial charge on any atom is 0.258 e. The van der Waals surface area contributed by atoms with Crippen LogP contribution >= 0.6 is 0 Å². The average Bonchev–Trinajstić information content (AvgIpc) is 3.07. The second-order valence-electron chi connectivity index (χ2n) is 10.8. The molecule has 3 aliphatic rings. The molecule has 3 aliphatic heterocycles. The fraction of sp³-hybridized carbons (Fsp3) is 0.273. The molecule has 4 aromatic rings. The number of hydrogen-bond donors (Lipinski definition) is 2. The van der Waals surface area contributed by atoms with E-state index in [1.165, 1.54) is 6.20 Å². The summed E-state index contributed by atoms with van der Waals surface area (Å²) >= 11 is 0. The third kappa shape index (κ3) is 7.17. The lowest BCUT2D eigenvalue weighted by atomic mass is 10.00. The molecule has 7 rings (SSSR count). The number of nitrogens with one attached hydrogen (secondary N) is 2. The van der Waals surface area contributed by atoms with E-state index in [9.17, 15) is 14.4 Å². The summed E-state index contributed by atoms with van der Waals surface area (Å²) in [6.45, 7) is 1.01. The molecule has 0 unspecified atom stereocenters. The fourth-order valence-electron chi connectivity index (χ4n) is 5.29. The van der Waals surface area contributed by atoms with Crippen molar-refractivity contribution < 1.29 is 23.9 Å². The Kier molecular flexibility index (Phi) is 8.72. The van der Waals surface area contributed by atoms with Gasteiger partial charge in [0.25, 0.3) is 11.8 Å². The summed E-state index contributed by atoms with van der Waals surface area (Å²) in [7, 11) is 0. The van der Waals surface area contributed by atoms with Crippen molar-refractivity contribution in [3.05, 3.63) is 102 Å². The van der Waals surface area contributed by atoms with E-state index in [1.54, 1.807) is 47.9 Å². The predicted molar refractivity (Wildman–Crippen MR) is 161 cm³/mol. The van der Waals surface area contributed by atoms with E-state index >= 15 is 0 Å². The van der Waals surface area contributed by atoms with Crippen LogP contribution in [0.5, 0.6) is 11.5 Å². The number of benzene rings is 2. The number of carbonyl (C=O) groups is 3. The summed E-state index contributed by atoms with van der Waals surface area (Å²) < 4.78 is 12.1. The van der Waals surface area contributed by atoms with Gasteiger partial charge in [-0.1, -0.05) is 24.3 Å². The summed E-state index contributed by atoms with van der Waals surface area (Å²) in [6.07, 6.45) is 8.98. The first kappa shape index (κ1) is 28.8. The molecular formula is C33H32N6O5. The van der Waals surface area contributed by atoms with Crippen LogP contribution in [0.25, 0.3) is 11.1 Å². The smallest absolute Gasteiger partial charge is 0.258 e. The molecule has 2 aromatic carbocycles. The van der Waals surface area contributed by atoms with E-state index in [4.69, 9.17) is 9.47 Å². The molecule has 0 aliphatic carbocycles. The van der Waals surface area contributed by atoms with Gasteiger partial charge in [-0.2, -0.15) is 0 Å². The number of ether oxygens (including phenoxy) is 2. The second-order valence-corrected chi connectivity index (χ2v) is 10.8. The third-order valence-electron chi connectivity index (χ3n) is 7.67. The van der Waals surface area contributed by atoms with E-state index < -0.39 is 6.04 Å². The van der Waals surface area contributed by atoms with Crippen LogP contribution < -0.4 is 20.1 Å². The third-order valence-corrected chi connectivity index (χ3v) is 7.67. The number of aryl methyl sites for hydroxylation is 1. The molecule has 3 amide bonds. The quantitative estimate of drug-likeness (QED) is 0.371. The molecule has 0 spiro atoms. The largest absolute Gasteiger partial charge is 0.488 e. The molecule has 1 saturated heterocycles. The number of nitrogens with zero attached hydrogens (tertiary/aromatic N) is 4. The molecule has 0 radical (unpaired) electrons. The van der Waals surface area contributed by atoms with Crippen LogP contribution in [0.1, 0.15) is 34.5 Å². The maximum absolute atomic E-state index is 13.6. The number of fused-ring (bicyclic) bond motifs is 7. The Hall–Kier alpha value is -5.32. The topological polar surface area (TPSA) is 136 Å². The van der Waals surface area contributed by atoms with Gasteiger partial charge in [0, 0.05) is 69.0 Å². The van der Waals surface area contributed by atoms with Gasteiger partial charge in [0.2, 0.25) is 5.91 Å². The molecular weight excluding hydrogens is 560 g/mol. The maximum atomic E-state index is 13.6. The number of aromatic nitrogens is 3. The minimum atomic E-state index is -0.471. The van der Waals surface area contributed by atoms with Crippen molar-refractivity contribution in [2.45, 2.75) is 38.0 Å². The molecule has 2 aromatic heterocycles. The summed E-state index contributed by atoms with van der Waals surface area (Å²) in [4.78, 5) is 53.6. The minimum absolute atomic E-state index is 0.0213. The van der Waals surface area contributed by atoms with Gasteiger partial charge in [0.1, 0.15) is 17.6 Å². The molecule has 2 N–H and O–H groups in total. The van der Waals surface area contributed by atoms with E-state index in [1.807, 2.05) is 36.4 Å². The number of carbonyl (C=O) groups excluding carboxylic acids is 3. The molecule has 44 heavy (non-hydrogen) atoms. The van der Waals surface area contributed by atoms with Crippen LogP contribution in [0.15, 0.2) is 85.6 Å². The highest BCUT2D eigenvalue weighted by atomic mass is 16.5. The van der Waals surface area contributed by atoms with Gasteiger partial charge in [0.05, 0.1) is 17.3 Å². The van der Waals surface area contributed by atoms with Crippen molar-refractivity contribution in [2.24, 2.45) is 0 Å². The Morgan fingerprint density at radius 3 is 2.64 bits per heavy atom. The monoisotopic (exact) mass is 592 g/mol. The molecule has 0 saturated carbocycles. The highest BCUT2D eigenvalue weighted by Crippen LogP contribution is 2.25. The van der Waals surface area contributed by atoms with E-state index in [0.29, 0.717) is 49.5 Å². The van der Waals surface area contributed by atoms with Gasteiger partial charge in [-0.15, -0.1) is 0 Å². The number of pyridine rings is 1. The zero-order chi connectivity index (χ0) is 30.3. The summed E-state index contributed by atoms with van der Waals surface area (Å²) in [5.74, 6) is 0.572. The number of amides is 3. The first-order valence-corrected chi connectivity index (χ1v) is 14.5. The molecule has 224 valence electrons. The van der Waals surface area contributed by atoms with Gasteiger partial charge in [-0.25, -0.2) is 0 Å². The van der Waals surface area contributed by atoms with Crippen LogP contribution in [0.2, 0.25) is 0 Å². The van der Waals surface area contributed by atoms with E-state index in [0.717, 1.165) is 22.4 Å². The first-order chi connectivity index (χ1) is 21.5. The normalized spacial score (nSPS) is 18.6. The molecule has 2 atom stereocenters. The fourth-order valence-corrected chi connectivity index (χ4v) is 5.29. The number of piperidine rings is 1. The Morgan fingerprint density at radius 2 is 1.80 bits per heavy atom. The number of likely N-dealkylation sites (tertiary alicyclic amines) is 1. The zero-order valence-corrected chi connectivity index (χ0v) is 24.0. The molecule has 5 heterocycles. The molecule has 1 fully saturated rings. The van der Waals surface area contributed by atoms with Crippen LogP contribution in [-0.4, -0.2) is 69.4 Å².